The number of thioether (sulfide) groups is 1. The summed E-state index contributed by atoms with van der Waals surface area (Å²) in [5.41, 5.74) is 5.62. The number of carboxylic acid groups (broad SMARTS) is 1. The first-order chi connectivity index (χ1) is 28.9. The minimum atomic E-state index is -1.10. The highest BCUT2D eigenvalue weighted by Gasteiger charge is 2.65. The summed E-state index contributed by atoms with van der Waals surface area (Å²) in [6.45, 7) is 15.0. The monoisotopic (exact) mass is 861 g/mol. The quantitative estimate of drug-likeness (QED) is 0.110. The zero-order valence-electron chi connectivity index (χ0n) is 35.9. The summed E-state index contributed by atoms with van der Waals surface area (Å²) in [5.74, 6) is 0.0635. The van der Waals surface area contributed by atoms with Gasteiger partial charge >= 0.3 is 12.1 Å². The summed E-state index contributed by atoms with van der Waals surface area (Å²) < 4.78 is 8.71. The molecule has 320 valence electrons. The highest BCUT2D eigenvalue weighted by atomic mass is 32.2. The molecule has 2 amide bonds. The molecule has 4 aliphatic carbocycles. The first kappa shape index (κ1) is 41.4. The number of rotatable bonds is 11. The molecule has 3 N–H and O–H groups in total. The number of carbonyl (C=O) groups is 3. The van der Waals surface area contributed by atoms with Gasteiger partial charge in [-0.2, -0.15) is 16.9 Å². The molecular weight excluding hydrogens is 807 g/mol. The standard InChI is InChI=1S/C47H55N7O5S2/c1-29-33(20-49-54(29)28-46-23-44(5)22-45(6,24-46)26-47(25-44,27-46)60-19-17-48-42(58)59-43(2,3)4)31-14-15-37(51-38(31)40(56)57)53-18-16-30-10-9-11-32(34(30)21-53)39(55)52-41-50-35-12-7-8-13-36(35)61-41/h7-15,20H,16-19,21-28H2,1-6H3,(H,48,58)(H,56,57)(H,50,52,55). The molecular formula is C47H55N7O5S2. The van der Waals surface area contributed by atoms with Crippen molar-refractivity contribution >= 4 is 62.2 Å². The van der Waals surface area contributed by atoms with Crippen LogP contribution in [0.5, 0.6) is 0 Å². The maximum atomic E-state index is 13.7. The Kier molecular flexibility index (Phi) is 10.3. The number of carboxylic acids is 1. The van der Waals surface area contributed by atoms with Gasteiger partial charge in [-0.3, -0.25) is 14.8 Å². The van der Waals surface area contributed by atoms with Crippen LogP contribution in [0.3, 0.4) is 0 Å². The van der Waals surface area contributed by atoms with Crippen molar-refractivity contribution in [2.45, 2.75) is 110 Å². The Morgan fingerprint density at radius 3 is 2.44 bits per heavy atom. The van der Waals surface area contributed by atoms with Crippen molar-refractivity contribution in [3.05, 3.63) is 88.9 Å². The van der Waals surface area contributed by atoms with E-state index >= 15 is 0 Å². The molecule has 2 aromatic carbocycles. The summed E-state index contributed by atoms with van der Waals surface area (Å²) in [6, 6.07) is 17.4. The Labute approximate surface area is 365 Å². The number of benzene rings is 2. The molecule has 10 rings (SSSR count). The Hall–Kier alpha value is -4.95. The number of thiazole rings is 1. The van der Waals surface area contributed by atoms with Crippen molar-refractivity contribution in [1.82, 2.24) is 25.1 Å². The van der Waals surface area contributed by atoms with Gasteiger partial charge in [0.2, 0.25) is 0 Å². The smallest absolute Gasteiger partial charge is 0.407 e. The van der Waals surface area contributed by atoms with Crippen LogP contribution in [0, 0.1) is 23.2 Å². The first-order valence-corrected chi connectivity index (χ1v) is 23.1. The summed E-state index contributed by atoms with van der Waals surface area (Å²) in [4.78, 5) is 50.4. The van der Waals surface area contributed by atoms with Crippen LogP contribution in [0.2, 0.25) is 0 Å². The second kappa shape index (κ2) is 15.1. The molecule has 14 heteroatoms. The second-order valence-electron chi connectivity index (χ2n) is 19.9. The molecule has 4 fully saturated rings. The Bertz CT molecular complexity index is 2510. The second-order valence-corrected chi connectivity index (χ2v) is 22.5. The van der Waals surface area contributed by atoms with Crippen molar-refractivity contribution in [2.24, 2.45) is 16.2 Å². The van der Waals surface area contributed by atoms with Gasteiger partial charge in [0.15, 0.2) is 10.8 Å². The predicted octanol–water partition coefficient (Wildman–Crippen LogP) is 9.75. The summed E-state index contributed by atoms with van der Waals surface area (Å²) in [6.07, 6.45) is 9.10. The predicted molar refractivity (Wildman–Crippen MR) is 242 cm³/mol. The minimum absolute atomic E-state index is 0.0158. The van der Waals surface area contributed by atoms with Crippen molar-refractivity contribution in [2.75, 3.05) is 29.1 Å². The number of alkyl carbamates (subject to hydrolysis) is 1. The number of fused-ring (bicyclic) bond motifs is 2. The number of amides is 2. The number of carbonyl (C=O) groups excluding carboxylic acids is 2. The lowest BCUT2D eigenvalue weighted by molar-refractivity contribution is -0.139. The maximum Gasteiger partial charge on any atom is 0.407 e. The topological polar surface area (TPSA) is 152 Å². The third kappa shape index (κ3) is 8.25. The molecule has 4 heterocycles. The molecule has 12 nitrogen and oxygen atoms in total. The Morgan fingerprint density at radius 2 is 1.70 bits per heavy atom. The summed E-state index contributed by atoms with van der Waals surface area (Å²) in [7, 11) is 0. The third-order valence-electron chi connectivity index (χ3n) is 13.1. The van der Waals surface area contributed by atoms with Crippen LogP contribution in [-0.2, 0) is 24.2 Å². The van der Waals surface area contributed by atoms with Crippen LogP contribution in [0.1, 0.15) is 111 Å². The van der Waals surface area contributed by atoms with E-state index in [0.29, 0.717) is 48.1 Å². The fraction of sp³-hybridized carbons (Fsp3) is 0.489. The minimum Gasteiger partial charge on any atom is -0.476 e. The molecule has 2 atom stereocenters. The number of aromatic carboxylic acids is 1. The van der Waals surface area contributed by atoms with Crippen LogP contribution < -0.4 is 15.5 Å². The number of aromatic nitrogens is 4. The van der Waals surface area contributed by atoms with Gasteiger partial charge < -0.3 is 20.1 Å². The highest BCUT2D eigenvalue weighted by molar-refractivity contribution is 8.00. The van der Waals surface area contributed by atoms with Crippen LogP contribution >= 0.6 is 23.1 Å². The first-order valence-electron chi connectivity index (χ1n) is 21.3. The van der Waals surface area contributed by atoms with Gasteiger partial charge in [-0.15, -0.1) is 0 Å². The zero-order valence-corrected chi connectivity index (χ0v) is 37.5. The van der Waals surface area contributed by atoms with Crippen molar-refractivity contribution < 1.29 is 24.2 Å². The number of nitrogens with one attached hydrogen (secondary N) is 2. The molecule has 4 saturated carbocycles. The molecule has 5 aromatic rings. The van der Waals surface area contributed by atoms with Gasteiger partial charge in [-0.25, -0.2) is 19.6 Å². The zero-order chi connectivity index (χ0) is 43.0. The van der Waals surface area contributed by atoms with Gasteiger partial charge in [-0.05, 0) is 130 Å². The van der Waals surface area contributed by atoms with Gasteiger partial charge in [0.25, 0.3) is 5.91 Å². The van der Waals surface area contributed by atoms with Crippen molar-refractivity contribution in [3.63, 3.8) is 0 Å². The Balaban J connectivity index is 0.923. The molecule has 3 aromatic heterocycles. The molecule has 0 saturated heterocycles. The fourth-order valence-corrected chi connectivity index (χ4v) is 15.0. The van der Waals surface area contributed by atoms with Crippen LogP contribution in [0.4, 0.5) is 15.7 Å². The molecule has 5 aliphatic rings. The van der Waals surface area contributed by atoms with Gasteiger partial charge in [0, 0.05) is 59.1 Å². The molecule has 4 bridgehead atoms. The lowest BCUT2D eigenvalue weighted by Gasteiger charge is -2.69. The van der Waals surface area contributed by atoms with Gasteiger partial charge in [0.05, 0.1) is 16.4 Å². The van der Waals surface area contributed by atoms with E-state index in [0.717, 1.165) is 64.2 Å². The lowest BCUT2D eigenvalue weighted by Crippen LogP contribution is -2.62. The number of hydrogen-bond donors (Lipinski definition) is 3. The van der Waals surface area contributed by atoms with Gasteiger partial charge in [-0.1, -0.05) is 49.4 Å². The fourth-order valence-electron chi connectivity index (χ4n) is 12.2. The molecule has 0 spiro atoms. The van der Waals surface area contributed by atoms with Crippen LogP contribution in [0.25, 0.3) is 21.3 Å². The van der Waals surface area contributed by atoms with E-state index in [1.54, 1.807) is 0 Å². The SMILES string of the molecule is Cc1c(-c2ccc(N3CCc4cccc(C(=O)Nc5nc6ccccc6s5)c4C3)nc2C(=O)O)cnn1CC12CC3(C)CC(C)(C1)CC(SCCNC(=O)OC(C)(C)C)(C3)C2. The maximum absolute atomic E-state index is 13.7. The number of pyridine rings is 1. The van der Waals surface area contributed by atoms with E-state index in [1.807, 2.05) is 94.2 Å². The molecule has 0 radical (unpaired) electrons. The van der Waals surface area contributed by atoms with E-state index in [9.17, 15) is 19.5 Å². The number of para-hydroxylation sites is 1. The van der Waals surface area contributed by atoms with Crippen molar-refractivity contribution in [1.29, 1.82) is 0 Å². The van der Waals surface area contributed by atoms with E-state index in [4.69, 9.17) is 14.8 Å². The van der Waals surface area contributed by atoms with Gasteiger partial charge in [0.1, 0.15) is 11.4 Å². The highest BCUT2D eigenvalue weighted by Crippen LogP contribution is 2.74. The van der Waals surface area contributed by atoms with Crippen molar-refractivity contribution in [3.8, 4) is 11.1 Å². The third-order valence-corrected chi connectivity index (χ3v) is 15.6. The number of nitrogens with zero attached hydrogens (tertiary/aromatic N) is 5. The molecule has 2 unspecified atom stereocenters. The summed E-state index contributed by atoms with van der Waals surface area (Å²) >= 11 is 3.46. The molecule has 61 heavy (non-hydrogen) atoms. The number of anilines is 2. The van der Waals surface area contributed by atoms with E-state index in [-0.39, 0.29) is 38.7 Å². The van der Waals surface area contributed by atoms with E-state index in [1.165, 1.54) is 30.6 Å². The summed E-state index contributed by atoms with van der Waals surface area (Å²) in [5, 5.41) is 22.0. The van der Waals surface area contributed by atoms with E-state index in [2.05, 4.69) is 45.1 Å². The van der Waals surface area contributed by atoms with E-state index < -0.39 is 11.6 Å². The average Bonchev–Trinajstić information content (AvgIpc) is 3.75. The average molecular weight is 862 g/mol. The normalized spacial score (nSPS) is 25.4. The number of ether oxygens (including phenoxy) is 1. The lowest BCUT2D eigenvalue weighted by atomic mass is 9.40. The van der Waals surface area contributed by atoms with Crippen LogP contribution in [-0.4, -0.2) is 72.0 Å². The molecule has 1 aliphatic heterocycles. The largest absolute Gasteiger partial charge is 0.476 e. The Morgan fingerprint density at radius 1 is 0.934 bits per heavy atom. The van der Waals surface area contributed by atoms with Crippen LogP contribution in [0.15, 0.2) is 60.8 Å². The number of hydrogen-bond acceptors (Lipinski definition) is 10.